The number of aromatic nitrogens is 2. The van der Waals surface area contributed by atoms with Crippen LogP contribution in [0.25, 0.3) is 0 Å². The topological polar surface area (TPSA) is 78.1 Å². The normalized spacial score (nSPS) is 10.4. The first kappa shape index (κ1) is 15.6. The van der Waals surface area contributed by atoms with Crippen LogP contribution in [0.1, 0.15) is 22.8 Å². The van der Waals surface area contributed by atoms with Gasteiger partial charge in [0.15, 0.2) is 5.16 Å². The third-order valence-electron chi connectivity index (χ3n) is 2.55. The molecule has 0 saturated heterocycles. The number of ether oxygens (including phenoxy) is 1. The molecule has 0 radical (unpaired) electrons. The van der Waals surface area contributed by atoms with Crippen LogP contribution in [0.3, 0.4) is 0 Å². The van der Waals surface area contributed by atoms with Crippen LogP contribution in [-0.4, -0.2) is 22.5 Å². The first-order valence-corrected chi connectivity index (χ1v) is 7.63. The summed E-state index contributed by atoms with van der Waals surface area (Å²) in [6.07, 6.45) is 1.39. The van der Waals surface area contributed by atoms with E-state index >= 15 is 0 Å². The van der Waals surface area contributed by atoms with Crippen molar-refractivity contribution < 1.29 is 9.53 Å². The van der Waals surface area contributed by atoms with Crippen LogP contribution in [0.4, 0.5) is 5.82 Å². The van der Waals surface area contributed by atoms with E-state index in [0.717, 1.165) is 5.56 Å². The second kappa shape index (κ2) is 7.28. The molecular weight excluding hydrogens is 310 g/mol. The lowest BCUT2D eigenvalue weighted by Crippen LogP contribution is -2.10. The number of nitrogens with two attached hydrogens (primary N) is 1. The van der Waals surface area contributed by atoms with Crippen LogP contribution in [0.15, 0.2) is 35.6 Å². The fraction of sp³-hybridized carbons (Fsp3) is 0.214. The highest BCUT2D eigenvalue weighted by molar-refractivity contribution is 7.98. The molecule has 1 aromatic heterocycles. The van der Waals surface area contributed by atoms with Gasteiger partial charge in [0.2, 0.25) is 0 Å². The Morgan fingerprint density at radius 3 is 2.95 bits per heavy atom. The minimum atomic E-state index is -0.513. The second-order valence-electron chi connectivity index (χ2n) is 4.09. The van der Waals surface area contributed by atoms with Gasteiger partial charge in [0.1, 0.15) is 11.4 Å². The molecule has 0 bridgehead atoms. The third kappa shape index (κ3) is 4.34. The fourth-order valence-corrected chi connectivity index (χ4v) is 2.57. The molecular formula is C14H14ClN3O2S. The molecule has 0 spiro atoms. The van der Waals surface area contributed by atoms with E-state index in [1.54, 1.807) is 6.92 Å². The zero-order valence-electron chi connectivity index (χ0n) is 11.4. The fourth-order valence-electron chi connectivity index (χ4n) is 1.59. The summed E-state index contributed by atoms with van der Waals surface area (Å²) in [5, 5.41) is 1.19. The lowest BCUT2D eigenvalue weighted by molar-refractivity contribution is 0.0526. The predicted molar refractivity (Wildman–Crippen MR) is 83.4 cm³/mol. The van der Waals surface area contributed by atoms with Gasteiger partial charge in [0.25, 0.3) is 0 Å². The molecule has 7 heteroatoms. The van der Waals surface area contributed by atoms with E-state index in [1.807, 2.05) is 24.3 Å². The van der Waals surface area contributed by atoms with Gasteiger partial charge in [-0.25, -0.2) is 14.8 Å². The zero-order valence-corrected chi connectivity index (χ0v) is 12.9. The highest BCUT2D eigenvalue weighted by atomic mass is 35.5. The Bertz CT molecular complexity index is 652. The maximum absolute atomic E-state index is 11.6. The van der Waals surface area contributed by atoms with Gasteiger partial charge in [0, 0.05) is 17.0 Å². The van der Waals surface area contributed by atoms with Crippen LogP contribution in [0.2, 0.25) is 5.02 Å². The summed E-state index contributed by atoms with van der Waals surface area (Å²) in [5.74, 6) is 0.275. The quantitative estimate of drug-likeness (QED) is 0.517. The average Bonchev–Trinajstić information content (AvgIpc) is 2.45. The van der Waals surface area contributed by atoms with Gasteiger partial charge in [-0.3, -0.25) is 0 Å². The predicted octanol–water partition coefficient (Wildman–Crippen LogP) is 3.18. The first-order valence-electron chi connectivity index (χ1n) is 6.27. The molecule has 1 aromatic carbocycles. The SMILES string of the molecule is CCOC(=O)c1cnc(SCc2cccc(Cl)c2)nc1N. The Kier molecular flexibility index (Phi) is 5.41. The van der Waals surface area contributed by atoms with Crippen LogP contribution < -0.4 is 5.73 Å². The van der Waals surface area contributed by atoms with Crippen molar-refractivity contribution in [3.63, 3.8) is 0 Å². The molecule has 110 valence electrons. The Hall–Kier alpha value is -1.79. The number of nitrogens with zero attached hydrogens (tertiary/aromatic N) is 2. The maximum atomic E-state index is 11.6. The molecule has 0 aliphatic carbocycles. The monoisotopic (exact) mass is 323 g/mol. The van der Waals surface area contributed by atoms with Gasteiger partial charge >= 0.3 is 5.97 Å². The summed E-state index contributed by atoms with van der Waals surface area (Å²) >= 11 is 7.34. The van der Waals surface area contributed by atoms with E-state index in [-0.39, 0.29) is 18.0 Å². The molecule has 0 aliphatic heterocycles. The summed E-state index contributed by atoms with van der Waals surface area (Å²) in [7, 11) is 0. The summed E-state index contributed by atoms with van der Waals surface area (Å²) in [6, 6.07) is 7.55. The molecule has 2 rings (SSSR count). The Morgan fingerprint density at radius 2 is 2.29 bits per heavy atom. The first-order chi connectivity index (χ1) is 10.1. The number of anilines is 1. The highest BCUT2D eigenvalue weighted by Crippen LogP contribution is 2.22. The molecule has 0 fully saturated rings. The lowest BCUT2D eigenvalue weighted by Gasteiger charge is -2.06. The van der Waals surface area contributed by atoms with Crippen LogP contribution in [0.5, 0.6) is 0 Å². The lowest BCUT2D eigenvalue weighted by atomic mass is 10.2. The van der Waals surface area contributed by atoms with Crippen molar-refractivity contribution in [3.8, 4) is 0 Å². The number of esters is 1. The highest BCUT2D eigenvalue weighted by Gasteiger charge is 2.13. The number of carbonyl (C=O) groups excluding carboxylic acids is 1. The van der Waals surface area contributed by atoms with Crippen molar-refractivity contribution in [2.75, 3.05) is 12.3 Å². The molecule has 0 atom stereocenters. The van der Waals surface area contributed by atoms with Crippen LogP contribution in [-0.2, 0) is 10.5 Å². The largest absolute Gasteiger partial charge is 0.462 e. The molecule has 1 heterocycles. The smallest absolute Gasteiger partial charge is 0.343 e. The number of halogens is 1. The van der Waals surface area contributed by atoms with E-state index in [4.69, 9.17) is 22.1 Å². The Labute approximate surface area is 131 Å². The van der Waals surface area contributed by atoms with Gasteiger partial charge in [-0.2, -0.15) is 0 Å². The summed E-state index contributed by atoms with van der Waals surface area (Å²) in [5.41, 5.74) is 7.00. The standard InChI is InChI=1S/C14H14ClN3O2S/c1-2-20-13(19)11-7-17-14(18-12(11)16)21-8-9-4-3-5-10(15)6-9/h3-7H,2,8H2,1H3,(H2,16,17,18). The van der Waals surface area contributed by atoms with Gasteiger partial charge in [0.05, 0.1) is 6.61 Å². The van der Waals surface area contributed by atoms with Crippen molar-refractivity contribution in [3.05, 3.63) is 46.6 Å². The molecule has 5 nitrogen and oxygen atoms in total. The van der Waals surface area contributed by atoms with E-state index in [2.05, 4.69) is 9.97 Å². The van der Waals surface area contributed by atoms with Crippen molar-refractivity contribution in [2.24, 2.45) is 0 Å². The Balaban J connectivity index is 2.05. The molecule has 0 aliphatic rings. The number of hydrogen-bond acceptors (Lipinski definition) is 6. The number of rotatable bonds is 5. The van der Waals surface area contributed by atoms with Crippen molar-refractivity contribution in [1.29, 1.82) is 0 Å². The molecule has 0 saturated carbocycles. The minimum Gasteiger partial charge on any atom is -0.462 e. The van der Waals surface area contributed by atoms with Crippen LogP contribution in [0, 0.1) is 0 Å². The number of nitrogen functional groups attached to an aromatic ring is 1. The number of hydrogen-bond donors (Lipinski definition) is 1. The molecule has 21 heavy (non-hydrogen) atoms. The van der Waals surface area contributed by atoms with E-state index in [1.165, 1.54) is 18.0 Å². The maximum Gasteiger partial charge on any atom is 0.343 e. The molecule has 0 unspecified atom stereocenters. The third-order valence-corrected chi connectivity index (χ3v) is 3.72. The summed E-state index contributed by atoms with van der Waals surface area (Å²) < 4.78 is 4.87. The van der Waals surface area contributed by atoms with E-state index < -0.39 is 5.97 Å². The Morgan fingerprint density at radius 1 is 1.48 bits per heavy atom. The molecule has 0 amide bonds. The van der Waals surface area contributed by atoms with Crippen molar-refractivity contribution in [1.82, 2.24) is 9.97 Å². The van der Waals surface area contributed by atoms with Gasteiger partial charge in [-0.1, -0.05) is 35.5 Å². The van der Waals surface area contributed by atoms with E-state index in [0.29, 0.717) is 15.9 Å². The van der Waals surface area contributed by atoms with Gasteiger partial charge in [-0.15, -0.1) is 0 Å². The summed E-state index contributed by atoms with van der Waals surface area (Å²) in [4.78, 5) is 19.8. The average molecular weight is 324 g/mol. The number of carbonyl (C=O) groups is 1. The second-order valence-corrected chi connectivity index (χ2v) is 5.47. The number of thioether (sulfide) groups is 1. The van der Waals surface area contributed by atoms with Gasteiger partial charge in [-0.05, 0) is 24.6 Å². The zero-order chi connectivity index (χ0) is 15.2. The summed E-state index contributed by atoms with van der Waals surface area (Å²) in [6.45, 7) is 2.01. The van der Waals surface area contributed by atoms with Crippen molar-refractivity contribution in [2.45, 2.75) is 17.8 Å². The minimum absolute atomic E-state index is 0.122. The van der Waals surface area contributed by atoms with E-state index in [9.17, 15) is 4.79 Å². The molecule has 2 aromatic rings. The number of benzene rings is 1. The van der Waals surface area contributed by atoms with Gasteiger partial charge < -0.3 is 10.5 Å². The van der Waals surface area contributed by atoms with Crippen molar-refractivity contribution >= 4 is 35.1 Å². The molecule has 2 N–H and O–H groups in total. The van der Waals surface area contributed by atoms with Crippen LogP contribution >= 0.6 is 23.4 Å².